The lowest BCUT2D eigenvalue weighted by Gasteiger charge is -2.10. The number of benzene rings is 1. The molecule has 0 amide bonds. The lowest BCUT2D eigenvalue weighted by Crippen LogP contribution is -2.13. The molecule has 0 heterocycles. The number of hydrogen-bond donors (Lipinski definition) is 1. The van der Waals surface area contributed by atoms with E-state index in [1.54, 1.807) is 0 Å². The van der Waals surface area contributed by atoms with Crippen LogP contribution in [0.3, 0.4) is 0 Å². The van der Waals surface area contributed by atoms with Gasteiger partial charge < -0.3 is 9.84 Å². The normalized spacial score (nSPS) is 13.7. The average molecular weight is 220 g/mol. The third-order valence-electron chi connectivity index (χ3n) is 1.67. The van der Waals surface area contributed by atoms with Gasteiger partial charge in [-0.1, -0.05) is 0 Å². The fourth-order valence-electron chi connectivity index (χ4n) is 0.957. The van der Waals surface area contributed by atoms with Crippen molar-refractivity contribution in [1.29, 1.82) is 0 Å². The third-order valence-corrected chi connectivity index (χ3v) is 1.67. The highest BCUT2D eigenvalue weighted by Crippen LogP contribution is 2.30. The number of halogens is 3. The lowest BCUT2D eigenvalue weighted by molar-refractivity contribution is -0.137. The standard InChI is InChI=1S/C10H11F3O2/c1-7(14)6-15-9-4-2-8(3-5-9)10(11,12)13/h2-5,7,14H,6H2,1H3/t7-/m0/s1. The summed E-state index contributed by atoms with van der Waals surface area (Å²) in [6.07, 6.45) is -4.98. The van der Waals surface area contributed by atoms with E-state index in [1.807, 2.05) is 0 Å². The first-order valence-corrected chi connectivity index (χ1v) is 4.37. The smallest absolute Gasteiger partial charge is 0.416 e. The maximum absolute atomic E-state index is 12.2. The Morgan fingerprint density at radius 3 is 2.20 bits per heavy atom. The molecule has 0 aliphatic carbocycles. The van der Waals surface area contributed by atoms with Crippen LogP contribution in [0.5, 0.6) is 5.75 Å². The first kappa shape index (κ1) is 11.8. The second-order valence-corrected chi connectivity index (χ2v) is 3.18. The van der Waals surface area contributed by atoms with Gasteiger partial charge in [0.05, 0.1) is 11.7 Å². The van der Waals surface area contributed by atoms with Crippen LogP contribution in [0.25, 0.3) is 0 Å². The molecular formula is C10H11F3O2. The van der Waals surface area contributed by atoms with E-state index in [-0.39, 0.29) is 6.61 Å². The Kier molecular flexibility index (Phi) is 3.57. The molecule has 0 spiro atoms. The average Bonchev–Trinajstić information content (AvgIpc) is 2.14. The molecule has 0 bridgehead atoms. The molecule has 1 N–H and O–H groups in total. The van der Waals surface area contributed by atoms with Crippen molar-refractivity contribution in [3.8, 4) is 5.75 Å². The number of aliphatic hydroxyl groups excluding tert-OH is 1. The predicted octanol–water partition coefficient (Wildman–Crippen LogP) is 2.47. The van der Waals surface area contributed by atoms with Crippen LogP contribution >= 0.6 is 0 Å². The summed E-state index contributed by atoms with van der Waals surface area (Å²) in [5.41, 5.74) is -0.716. The van der Waals surface area contributed by atoms with Crippen LogP contribution in [-0.4, -0.2) is 17.8 Å². The molecule has 1 aromatic carbocycles. The van der Waals surface area contributed by atoms with Crippen molar-refractivity contribution in [2.75, 3.05) is 6.61 Å². The largest absolute Gasteiger partial charge is 0.491 e. The summed E-state index contributed by atoms with van der Waals surface area (Å²) in [7, 11) is 0. The zero-order valence-electron chi connectivity index (χ0n) is 8.08. The van der Waals surface area contributed by atoms with Crippen molar-refractivity contribution >= 4 is 0 Å². The van der Waals surface area contributed by atoms with E-state index in [4.69, 9.17) is 9.84 Å². The quantitative estimate of drug-likeness (QED) is 0.847. The Morgan fingerprint density at radius 1 is 1.27 bits per heavy atom. The highest BCUT2D eigenvalue weighted by atomic mass is 19.4. The molecule has 0 saturated carbocycles. The van der Waals surface area contributed by atoms with Crippen molar-refractivity contribution in [3.05, 3.63) is 29.8 Å². The summed E-state index contributed by atoms with van der Waals surface area (Å²) < 4.78 is 41.5. The molecule has 1 rings (SSSR count). The highest BCUT2D eigenvalue weighted by Gasteiger charge is 2.29. The van der Waals surface area contributed by atoms with E-state index in [2.05, 4.69) is 0 Å². The van der Waals surface area contributed by atoms with Gasteiger partial charge in [0.15, 0.2) is 0 Å². The minimum absolute atomic E-state index is 0.0609. The zero-order chi connectivity index (χ0) is 11.5. The van der Waals surface area contributed by atoms with Gasteiger partial charge in [-0.3, -0.25) is 0 Å². The molecule has 1 atom stereocenters. The molecule has 1 aromatic rings. The van der Waals surface area contributed by atoms with Gasteiger partial charge in [-0.25, -0.2) is 0 Å². The van der Waals surface area contributed by atoms with Gasteiger partial charge in [0.25, 0.3) is 0 Å². The van der Waals surface area contributed by atoms with Crippen LogP contribution < -0.4 is 4.74 Å². The highest BCUT2D eigenvalue weighted by molar-refractivity contribution is 5.28. The summed E-state index contributed by atoms with van der Waals surface area (Å²) in [5, 5.41) is 8.89. The van der Waals surface area contributed by atoms with Gasteiger partial charge in [-0.15, -0.1) is 0 Å². The van der Waals surface area contributed by atoms with E-state index in [0.29, 0.717) is 5.75 Å². The van der Waals surface area contributed by atoms with Crippen molar-refractivity contribution < 1.29 is 23.0 Å². The monoisotopic (exact) mass is 220 g/mol. The molecule has 0 aliphatic heterocycles. The summed E-state index contributed by atoms with van der Waals surface area (Å²) in [5.74, 6) is 0.309. The molecule has 84 valence electrons. The van der Waals surface area contributed by atoms with Crippen LogP contribution in [0, 0.1) is 0 Å². The van der Waals surface area contributed by atoms with E-state index in [9.17, 15) is 13.2 Å². The topological polar surface area (TPSA) is 29.5 Å². The number of hydrogen-bond acceptors (Lipinski definition) is 2. The number of ether oxygens (including phenoxy) is 1. The molecule has 5 heteroatoms. The second-order valence-electron chi connectivity index (χ2n) is 3.18. The molecule has 0 saturated heterocycles. The van der Waals surface area contributed by atoms with Crippen LogP contribution in [-0.2, 0) is 6.18 Å². The van der Waals surface area contributed by atoms with E-state index in [1.165, 1.54) is 19.1 Å². The van der Waals surface area contributed by atoms with Gasteiger partial charge in [-0.2, -0.15) is 13.2 Å². The summed E-state index contributed by atoms with van der Waals surface area (Å²) in [6, 6.07) is 4.34. The van der Waals surface area contributed by atoms with Gasteiger partial charge >= 0.3 is 6.18 Å². The predicted molar refractivity (Wildman–Crippen MR) is 48.6 cm³/mol. The van der Waals surface area contributed by atoms with E-state index < -0.39 is 17.8 Å². The number of aliphatic hydroxyl groups is 1. The molecule has 15 heavy (non-hydrogen) atoms. The zero-order valence-corrected chi connectivity index (χ0v) is 8.08. The van der Waals surface area contributed by atoms with Crippen LogP contribution in [0.4, 0.5) is 13.2 Å². The molecule has 2 nitrogen and oxygen atoms in total. The molecule has 0 aromatic heterocycles. The Morgan fingerprint density at radius 2 is 1.80 bits per heavy atom. The fraction of sp³-hybridized carbons (Fsp3) is 0.400. The van der Waals surface area contributed by atoms with Gasteiger partial charge in [0.1, 0.15) is 12.4 Å². The molecular weight excluding hydrogens is 209 g/mol. The van der Waals surface area contributed by atoms with Gasteiger partial charge in [-0.05, 0) is 31.2 Å². The SMILES string of the molecule is C[C@H](O)COc1ccc(C(F)(F)F)cc1. The first-order chi connectivity index (χ1) is 6.89. The fourth-order valence-corrected chi connectivity index (χ4v) is 0.957. The van der Waals surface area contributed by atoms with E-state index >= 15 is 0 Å². The maximum atomic E-state index is 12.2. The van der Waals surface area contributed by atoms with Crippen molar-refractivity contribution in [2.45, 2.75) is 19.2 Å². The summed E-state index contributed by atoms with van der Waals surface area (Å²) in [6.45, 7) is 1.59. The van der Waals surface area contributed by atoms with Crippen molar-refractivity contribution in [3.63, 3.8) is 0 Å². The van der Waals surface area contributed by atoms with E-state index in [0.717, 1.165) is 12.1 Å². The van der Waals surface area contributed by atoms with Crippen LogP contribution in [0.1, 0.15) is 12.5 Å². The van der Waals surface area contributed by atoms with Crippen molar-refractivity contribution in [1.82, 2.24) is 0 Å². The third kappa shape index (κ3) is 3.79. The molecule has 0 aliphatic rings. The Balaban J connectivity index is 2.65. The van der Waals surface area contributed by atoms with Gasteiger partial charge in [0, 0.05) is 0 Å². The van der Waals surface area contributed by atoms with Gasteiger partial charge in [0.2, 0.25) is 0 Å². The number of rotatable bonds is 3. The first-order valence-electron chi connectivity index (χ1n) is 4.37. The summed E-state index contributed by atoms with van der Waals surface area (Å²) in [4.78, 5) is 0. The Hall–Kier alpha value is -1.23. The second kappa shape index (κ2) is 4.53. The minimum atomic E-state index is -4.33. The molecule has 0 fully saturated rings. The van der Waals surface area contributed by atoms with Crippen LogP contribution in [0.2, 0.25) is 0 Å². The van der Waals surface area contributed by atoms with Crippen LogP contribution in [0.15, 0.2) is 24.3 Å². The minimum Gasteiger partial charge on any atom is -0.491 e. The Bertz CT molecular complexity index is 303. The van der Waals surface area contributed by atoms with Crippen molar-refractivity contribution in [2.24, 2.45) is 0 Å². The molecule has 0 unspecified atom stereocenters. The molecule has 0 radical (unpaired) electrons. The number of alkyl halides is 3. The Labute approximate surface area is 85.3 Å². The lowest BCUT2D eigenvalue weighted by atomic mass is 10.2. The summed E-state index contributed by atoms with van der Waals surface area (Å²) >= 11 is 0. The maximum Gasteiger partial charge on any atom is 0.416 e.